The lowest BCUT2D eigenvalue weighted by Crippen LogP contribution is -2.37. The van der Waals surface area contributed by atoms with E-state index in [1.807, 2.05) is 13.0 Å². The highest BCUT2D eigenvalue weighted by atomic mass is 31.2. The van der Waals surface area contributed by atoms with Gasteiger partial charge in [-0.05, 0) is 74.1 Å². The van der Waals surface area contributed by atoms with E-state index in [1.165, 1.54) is 11.1 Å². The normalized spacial score (nSPS) is 13.3. The molecule has 0 saturated carbocycles. The minimum atomic E-state index is -4.37. The predicted molar refractivity (Wildman–Crippen MR) is 115 cm³/mol. The Kier molecular flexibility index (Phi) is 11.7. The summed E-state index contributed by atoms with van der Waals surface area (Å²) in [5, 5.41) is 0. The number of rotatable bonds is 10. The van der Waals surface area contributed by atoms with Gasteiger partial charge in [-0.25, -0.2) is 4.79 Å². The molecular weight excluding hydrogens is 377 g/mol. The second kappa shape index (κ2) is 12.3. The van der Waals surface area contributed by atoms with Gasteiger partial charge in [0.05, 0.1) is 0 Å². The summed E-state index contributed by atoms with van der Waals surface area (Å²) in [6.45, 7) is 13.5. The first-order valence-corrected chi connectivity index (χ1v) is 11.5. The summed E-state index contributed by atoms with van der Waals surface area (Å²) in [4.78, 5) is 31.7. The number of nitrogens with zero attached hydrogens (tertiary/aromatic N) is 1. The van der Waals surface area contributed by atoms with E-state index in [1.54, 1.807) is 20.8 Å². The number of carbonyl (C=O) groups is 1. The van der Waals surface area contributed by atoms with E-state index < -0.39 is 25.6 Å². The Morgan fingerprint density at radius 1 is 0.964 bits per heavy atom. The molecule has 0 aromatic carbocycles. The highest BCUT2D eigenvalue weighted by Gasteiger charge is 2.27. The van der Waals surface area contributed by atoms with Gasteiger partial charge in [0.2, 0.25) is 0 Å². The fraction of sp³-hybridized carbons (Fsp3) is 0.667. The standard InChI is InChI=1S/C21H38NO5P/c1-17(2)10-8-11-18(3)12-9-13-19(4)14-15-22(16-28(24,25)26)20(23)27-21(5,6)7/h10,12,14H,8-9,11,13,15-16H2,1-7H3,(H2,24,25,26)/b18-12+,19-14+. The Balaban J connectivity index is 4.75. The van der Waals surface area contributed by atoms with Gasteiger partial charge in [-0.2, -0.15) is 0 Å². The lowest BCUT2D eigenvalue weighted by Gasteiger charge is -2.27. The predicted octanol–water partition coefficient (Wildman–Crippen LogP) is 5.78. The molecule has 0 aromatic rings. The zero-order valence-electron chi connectivity index (χ0n) is 18.5. The fourth-order valence-electron chi connectivity index (χ4n) is 2.34. The van der Waals surface area contributed by atoms with Gasteiger partial charge in [-0.3, -0.25) is 9.46 Å². The molecule has 0 heterocycles. The van der Waals surface area contributed by atoms with Crippen LogP contribution in [0, 0.1) is 0 Å². The van der Waals surface area contributed by atoms with Crippen LogP contribution in [0.25, 0.3) is 0 Å². The fourth-order valence-corrected chi connectivity index (χ4v) is 3.02. The van der Waals surface area contributed by atoms with Crippen molar-refractivity contribution in [1.82, 2.24) is 4.90 Å². The molecule has 0 bridgehead atoms. The van der Waals surface area contributed by atoms with Crippen molar-refractivity contribution in [2.45, 2.75) is 79.8 Å². The van der Waals surface area contributed by atoms with Crippen molar-refractivity contribution in [3.05, 3.63) is 34.9 Å². The third kappa shape index (κ3) is 15.7. The van der Waals surface area contributed by atoms with E-state index in [0.717, 1.165) is 36.2 Å². The number of carbonyl (C=O) groups excluding carboxylic acids is 1. The number of ether oxygens (including phenoxy) is 1. The summed E-state index contributed by atoms with van der Waals surface area (Å²) in [7, 11) is -4.37. The van der Waals surface area contributed by atoms with Crippen molar-refractivity contribution in [3.8, 4) is 0 Å². The number of hydrogen-bond donors (Lipinski definition) is 2. The number of hydrogen-bond acceptors (Lipinski definition) is 3. The zero-order valence-corrected chi connectivity index (χ0v) is 19.4. The molecule has 0 aliphatic heterocycles. The van der Waals surface area contributed by atoms with Gasteiger partial charge in [0.1, 0.15) is 11.9 Å². The maximum atomic E-state index is 12.2. The van der Waals surface area contributed by atoms with Gasteiger partial charge in [0.25, 0.3) is 0 Å². The lowest BCUT2D eigenvalue weighted by atomic mass is 10.1. The van der Waals surface area contributed by atoms with E-state index in [-0.39, 0.29) is 6.54 Å². The topological polar surface area (TPSA) is 87.1 Å². The summed E-state index contributed by atoms with van der Waals surface area (Å²) in [5.74, 6) is 0. The minimum Gasteiger partial charge on any atom is -0.444 e. The van der Waals surface area contributed by atoms with Crippen molar-refractivity contribution in [3.63, 3.8) is 0 Å². The van der Waals surface area contributed by atoms with E-state index in [0.29, 0.717) is 0 Å². The molecule has 0 atom stereocenters. The van der Waals surface area contributed by atoms with Crippen LogP contribution in [0.5, 0.6) is 0 Å². The first-order valence-electron chi connectivity index (χ1n) is 9.67. The van der Waals surface area contributed by atoms with E-state index >= 15 is 0 Å². The third-order valence-corrected chi connectivity index (χ3v) is 4.50. The molecule has 28 heavy (non-hydrogen) atoms. The SMILES string of the molecule is CC(C)=CCC/C(C)=C/CC/C(C)=C/CN(CP(=O)(O)O)C(=O)OC(C)(C)C. The van der Waals surface area contributed by atoms with Gasteiger partial charge in [0, 0.05) is 6.54 Å². The summed E-state index contributed by atoms with van der Waals surface area (Å²) in [5.41, 5.74) is 3.02. The smallest absolute Gasteiger partial charge is 0.411 e. The van der Waals surface area contributed by atoms with Crippen LogP contribution in [0.3, 0.4) is 0 Å². The van der Waals surface area contributed by atoms with Crippen LogP contribution in [0.2, 0.25) is 0 Å². The minimum absolute atomic E-state index is 0.106. The second-order valence-corrected chi connectivity index (χ2v) is 10.1. The zero-order chi connectivity index (χ0) is 22.0. The van der Waals surface area contributed by atoms with Gasteiger partial charge in [-0.1, -0.05) is 34.9 Å². The van der Waals surface area contributed by atoms with Crippen LogP contribution in [0.1, 0.15) is 74.1 Å². The molecule has 0 spiro atoms. The molecule has 0 radical (unpaired) electrons. The van der Waals surface area contributed by atoms with Gasteiger partial charge >= 0.3 is 13.7 Å². The average molecular weight is 416 g/mol. The van der Waals surface area contributed by atoms with Crippen molar-refractivity contribution in [1.29, 1.82) is 0 Å². The highest BCUT2D eigenvalue weighted by Crippen LogP contribution is 2.35. The van der Waals surface area contributed by atoms with Gasteiger partial charge < -0.3 is 14.5 Å². The van der Waals surface area contributed by atoms with E-state index in [2.05, 4.69) is 32.9 Å². The molecule has 0 fully saturated rings. The molecule has 0 unspecified atom stereocenters. The van der Waals surface area contributed by atoms with E-state index in [9.17, 15) is 19.1 Å². The van der Waals surface area contributed by atoms with Crippen LogP contribution < -0.4 is 0 Å². The van der Waals surface area contributed by atoms with Crippen molar-refractivity contribution < 1.29 is 23.9 Å². The second-order valence-electron chi connectivity index (χ2n) is 8.47. The first-order chi connectivity index (χ1) is 12.7. The highest BCUT2D eigenvalue weighted by molar-refractivity contribution is 7.51. The monoisotopic (exact) mass is 415 g/mol. The molecule has 1 amide bonds. The third-order valence-electron chi connectivity index (χ3n) is 3.79. The summed E-state index contributed by atoms with van der Waals surface area (Å²) < 4.78 is 16.6. The van der Waals surface area contributed by atoms with Crippen molar-refractivity contribution >= 4 is 13.7 Å². The Bertz CT molecular complexity index is 634. The molecule has 7 heteroatoms. The molecule has 0 saturated heterocycles. The maximum absolute atomic E-state index is 12.2. The molecule has 6 nitrogen and oxygen atoms in total. The molecule has 0 rings (SSSR count). The summed E-state index contributed by atoms with van der Waals surface area (Å²) in [6.07, 6.45) is 8.71. The quantitative estimate of drug-likeness (QED) is 0.349. The van der Waals surface area contributed by atoms with Gasteiger partial charge in [-0.15, -0.1) is 0 Å². The lowest BCUT2D eigenvalue weighted by molar-refractivity contribution is 0.0292. The van der Waals surface area contributed by atoms with Crippen molar-refractivity contribution in [2.75, 3.05) is 12.8 Å². The maximum Gasteiger partial charge on any atom is 0.411 e. The Morgan fingerprint density at radius 3 is 1.93 bits per heavy atom. The molecular formula is C21H38NO5P. The molecule has 0 aliphatic rings. The van der Waals surface area contributed by atoms with Crippen LogP contribution in [0.4, 0.5) is 4.79 Å². The molecule has 0 aromatic heterocycles. The van der Waals surface area contributed by atoms with Crippen molar-refractivity contribution in [2.24, 2.45) is 0 Å². The Morgan fingerprint density at radius 2 is 1.46 bits per heavy atom. The van der Waals surface area contributed by atoms with Crippen LogP contribution in [-0.2, 0) is 9.30 Å². The van der Waals surface area contributed by atoms with Gasteiger partial charge in [0.15, 0.2) is 0 Å². The summed E-state index contributed by atoms with van der Waals surface area (Å²) in [6, 6.07) is 0. The van der Waals surface area contributed by atoms with Crippen LogP contribution in [0.15, 0.2) is 34.9 Å². The first kappa shape index (κ1) is 26.6. The Hall–Kier alpha value is -1.36. The number of amides is 1. The molecule has 0 aliphatic carbocycles. The summed E-state index contributed by atoms with van der Waals surface area (Å²) >= 11 is 0. The Labute approximate surface area is 170 Å². The van der Waals surface area contributed by atoms with Crippen LogP contribution >= 0.6 is 7.60 Å². The average Bonchev–Trinajstić information content (AvgIpc) is 2.48. The van der Waals surface area contributed by atoms with E-state index in [4.69, 9.17) is 4.74 Å². The van der Waals surface area contributed by atoms with Crippen LogP contribution in [-0.4, -0.2) is 39.2 Å². The molecule has 162 valence electrons. The largest absolute Gasteiger partial charge is 0.444 e. The molecule has 2 N–H and O–H groups in total. The number of allylic oxidation sites excluding steroid dienone is 5.